The lowest BCUT2D eigenvalue weighted by molar-refractivity contribution is -0.139. The summed E-state index contributed by atoms with van der Waals surface area (Å²) in [5.74, 6) is 0.725. The lowest BCUT2D eigenvalue weighted by Crippen LogP contribution is -2.14. The summed E-state index contributed by atoms with van der Waals surface area (Å²) >= 11 is 1.51. The fraction of sp³-hybridized carbons (Fsp3) is 0.500. The highest BCUT2D eigenvalue weighted by atomic mass is 32.2. The molecule has 24 heavy (non-hydrogen) atoms. The Morgan fingerprint density at radius 3 is 3.08 bits per heavy atom. The van der Waals surface area contributed by atoms with Crippen LogP contribution in [0.1, 0.15) is 42.8 Å². The van der Waals surface area contributed by atoms with Gasteiger partial charge in [0.2, 0.25) is 5.16 Å². The van der Waals surface area contributed by atoms with Gasteiger partial charge in [0.15, 0.2) is 0 Å². The molecule has 0 spiro atoms. The van der Waals surface area contributed by atoms with Gasteiger partial charge in [0.1, 0.15) is 17.6 Å². The number of anilines is 1. The fourth-order valence-electron chi connectivity index (χ4n) is 2.72. The van der Waals surface area contributed by atoms with Crippen molar-refractivity contribution >= 4 is 23.5 Å². The number of aromatic amines is 1. The number of nitrogens with zero attached hydrogens (tertiary/aromatic N) is 3. The zero-order chi connectivity index (χ0) is 16.9. The zero-order valence-corrected chi connectivity index (χ0v) is 14.4. The number of carbonyl (C=O) groups is 1. The van der Waals surface area contributed by atoms with Crippen molar-refractivity contribution in [1.82, 2.24) is 20.2 Å². The minimum absolute atomic E-state index is 0.420. The van der Waals surface area contributed by atoms with Crippen molar-refractivity contribution in [3.63, 3.8) is 0 Å². The monoisotopic (exact) mass is 347 g/mol. The van der Waals surface area contributed by atoms with Gasteiger partial charge in [-0.2, -0.15) is 0 Å². The summed E-state index contributed by atoms with van der Waals surface area (Å²) in [5.41, 5.74) is 2.33. The third-order valence-electron chi connectivity index (χ3n) is 4.06. The summed E-state index contributed by atoms with van der Waals surface area (Å²) in [6.07, 6.45) is 3.55. The van der Waals surface area contributed by atoms with E-state index < -0.39 is 11.9 Å². The number of aryl methyl sites for hydroxylation is 2. The van der Waals surface area contributed by atoms with Crippen molar-refractivity contribution in [3.8, 4) is 0 Å². The van der Waals surface area contributed by atoms with Crippen LogP contribution in [0.2, 0.25) is 0 Å². The maximum Gasteiger partial charge on any atom is 0.314 e. The van der Waals surface area contributed by atoms with E-state index in [1.54, 1.807) is 0 Å². The topological polar surface area (TPSA) is 104 Å². The Balaban J connectivity index is 1.55. The first kappa shape index (κ1) is 16.8. The Kier molecular flexibility index (Phi) is 5.34. The minimum atomic E-state index is -0.879. The maximum atomic E-state index is 11.1. The molecule has 0 fully saturated rings. The van der Waals surface area contributed by atoms with Gasteiger partial charge in [-0.25, -0.2) is 9.97 Å². The van der Waals surface area contributed by atoms with Gasteiger partial charge in [-0.1, -0.05) is 24.8 Å². The van der Waals surface area contributed by atoms with E-state index in [0.717, 1.165) is 43.1 Å². The quantitative estimate of drug-likeness (QED) is 0.661. The molecular weight excluding hydrogens is 326 g/mol. The summed E-state index contributed by atoms with van der Waals surface area (Å²) < 4.78 is 0. The normalized spacial score (nSPS) is 14.7. The van der Waals surface area contributed by atoms with Crippen LogP contribution >= 0.6 is 11.8 Å². The summed E-state index contributed by atoms with van der Waals surface area (Å²) in [7, 11) is 0. The number of aliphatic carboxylic acids is 1. The molecule has 1 aliphatic heterocycles. The van der Waals surface area contributed by atoms with Crippen molar-refractivity contribution in [2.45, 2.75) is 43.7 Å². The van der Waals surface area contributed by atoms with Crippen molar-refractivity contribution < 1.29 is 9.90 Å². The van der Waals surface area contributed by atoms with Crippen LogP contribution in [0.25, 0.3) is 0 Å². The standard InChI is InChI=1S/C16H21N5O2S/c1-2-12(15(22)23)14-19-16(21-20-14)24-9-7-11-6-5-10-4-3-8-17-13(10)18-11/h5-6,12H,2-4,7-9H2,1H3,(H,17,18)(H,22,23)(H,19,20,21). The van der Waals surface area contributed by atoms with E-state index >= 15 is 0 Å². The number of carboxylic acids is 1. The zero-order valence-electron chi connectivity index (χ0n) is 13.6. The van der Waals surface area contributed by atoms with Crippen LogP contribution in [0, 0.1) is 0 Å². The van der Waals surface area contributed by atoms with Crippen LogP contribution in [0.5, 0.6) is 0 Å². The van der Waals surface area contributed by atoms with E-state index in [2.05, 4.69) is 37.6 Å². The van der Waals surface area contributed by atoms with Crippen LogP contribution in [-0.4, -0.2) is 43.5 Å². The number of hydrogen-bond donors (Lipinski definition) is 3. The number of hydrogen-bond acceptors (Lipinski definition) is 6. The lowest BCUT2D eigenvalue weighted by Gasteiger charge is -2.17. The Labute approximate surface area is 144 Å². The molecule has 7 nitrogen and oxygen atoms in total. The largest absolute Gasteiger partial charge is 0.481 e. The van der Waals surface area contributed by atoms with Crippen LogP contribution < -0.4 is 5.32 Å². The first-order valence-electron chi connectivity index (χ1n) is 8.18. The molecule has 1 atom stereocenters. The molecule has 0 saturated heterocycles. The van der Waals surface area contributed by atoms with Crippen molar-refractivity contribution in [2.75, 3.05) is 17.6 Å². The van der Waals surface area contributed by atoms with Crippen molar-refractivity contribution in [1.29, 1.82) is 0 Å². The van der Waals surface area contributed by atoms with E-state index in [9.17, 15) is 4.79 Å². The van der Waals surface area contributed by atoms with Crippen LogP contribution in [0.4, 0.5) is 5.82 Å². The molecule has 3 N–H and O–H groups in total. The summed E-state index contributed by atoms with van der Waals surface area (Å²) in [5, 5.41) is 19.9. The molecule has 8 heteroatoms. The van der Waals surface area contributed by atoms with Gasteiger partial charge in [-0.05, 0) is 37.3 Å². The highest BCUT2D eigenvalue weighted by molar-refractivity contribution is 7.99. The van der Waals surface area contributed by atoms with E-state index in [4.69, 9.17) is 5.11 Å². The van der Waals surface area contributed by atoms with E-state index in [1.165, 1.54) is 17.3 Å². The second kappa shape index (κ2) is 7.65. The first-order chi connectivity index (χ1) is 11.7. The molecule has 128 valence electrons. The molecule has 0 aliphatic carbocycles. The molecule has 0 bridgehead atoms. The Morgan fingerprint density at radius 1 is 1.42 bits per heavy atom. The minimum Gasteiger partial charge on any atom is -0.481 e. The van der Waals surface area contributed by atoms with Crippen molar-refractivity contribution in [3.05, 3.63) is 29.2 Å². The predicted molar refractivity (Wildman–Crippen MR) is 92.5 cm³/mol. The van der Waals surface area contributed by atoms with Gasteiger partial charge < -0.3 is 10.4 Å². The molecule has 0 aromatic carbocycles. The summed E-state index contributed by atoms with van der Waals surface area (Å²) in [6, 6.07) is 4.23. The predicted octanol–water partition coefficient (Wildman–Crippen LogP) is 2.47. The number of nitrogens with one attached hydrogen (secondary N) is 2. The number of thioether (sulfide) groups is 1. The van der Waals surface area contributed by atoms with Crippen LogP contribution in [-0.2, 0) is 17.6 Å². The second-order valence-corrected chi connectivity index (χ2v) is 6.80. The van der Waals surface area contributed by atoms with E-state index in [-0.39, 0.29) is 0 Å². The Bertz CT molecular complexity index is 718. The van der Waals surface area contributed by atoms with E-state index in [1.807, 2.05) is 6.92 Å². The third-order valence-corrected chi connectivity index (χ3v) is 4.91. The number of rotatable bonds is 7. The molecule has 1 aliphatic rings. The number of fused-ring (bicyclic) bond motifs is 1. The van der Waals surface area contributed by atoms with Gasteiger partial charge in [-0.3, -0.25) is 9.89 Å². The van der Waals surface area contributed by atoms with Crippen LogP contribution in [0.3, 0.4) is 0 Å². The molecular formula is C16H21N5O2S. The Hall–Kier alpha value is -2.09. The fourth-order valence-corrected chi connectivity index (χ4v) is 3.49. The molecule has 3 rings (SSSR count). The molecule has 0 amide bonds. The first-order valence-corrected chi connectivity index (χ1v) is 9.16. The molecule has 0 saturated carbocycles. The lowest BCUT2D eigenvalue weighted by atomic mass is 10.1. The average molecular weight is 347 g/mol. The number of aromatic nitrogens is 4. The number of carboxylic acid groups (broad SMARTS) is 1. The third kappa shape index (κ3) is 3.87. The van der Waals surface area contributed by atoms with Gasteiger partial charge >= 0.3 is 5.97 Å². The molecule has 2 aromatic heterocycles. The maximum absolute atomic E-state index is 11.1. The molecule has 0 radical (unpaired) electrons. The Morgan fingerprint density at radius 2 is 2.29 bits per heavy atom. The average Bonchev–Trinajstić information content (AvgIpc) is 3.03. The summed E-state index contributed by atoms with van der Waals surface area (Å²) in [6.45, 7) is 2.81. The molecule has 3 heterocycles. The van der Waals surface area contributed by atoms with Gasteiger partial charge in [0.25, 0.3) is 0 Å². The van der Waals surface area contributed by atoms with Crippen LogP contribution in [0.15, 0.2) is 17.3 Å². The second-order valence-electron chi connectivity index (χ2n) is 5.74. The van der Waals surface area contributed by atoms with Gasteiger partial charge in [0.05, 0.1) is 0 Å². The number of H-pyrrole nitrogens is 1. The number of pyridine rings is 1. The molecule has 1 unspecified atom stereocenters. The highest BCUT2D eigenvalue weighted by Crippen LogP contribution is 2.22. The molecule has 2 aromatic rings. The van der Waals surface area contributed by atoms with Gasteiger partial charge in [-0.15, -0.1) is 5.10 Å². The smallest absolute Gasteiger partial charge is 0.314 e. The van der Waals surface area contributed by atoms with E-state index in [0.29, 0.717) is 17.4 Å². The SMILES string of the molecule is CCC(C(=O)O)c1nc(SCCc2ccc3c(n2)NCCC3)n[nH]1. The van der Waals surface area contributed by atoms with Gasteiger partial charge in [0, 0.05) is 18.0 Å². The van der Waals surface area contributed by atoms with Crippen molar-refractivity contribution in [2.24, 2.45) is 0 Å². The summed E-state index contributed by atoms with van der Waals surface area (Å²) in [4.78, 5) is 20.1. The highest BCUT2D eigenvalue weighted by Gasteiger charge is 2.21.